The zero-order chi connectivity index (χ0) is 21.0. The highest BCUT2D eigenvalue weighted by Gasteiger charge is 2.30. The molecule has 0 radical (unpaired) electrons. The van der Waals surface area contributed by atoms with Gasteiger partial charge in [0.1, 0.15) is 0 Å². The van der Waals surface area contributed by atoms with Gasteiger partial charge >= 0.3 is 5.76 Å². The molecule has 0 fully saturated rings. The molecule has 2 aromatic carbocycles. The molecule has 1 amide bonds. The Bertz CT molecular complexity index is 1170. The molecular formula is C18H19N5O5S. The number of nitrogens with zero attached hydrogens (tertiary/aromatic N) is 1. The standard InChI is InChI=1S/C18H19N5O5S/c19-9-11-4-6-14(7-5-11)29(26,27)15(20)17(24)21-10-12-2-1-3-13(8-12)16-22-18(25)28-23-16/h1-8,15H,9-10,19-20H2,(H,21,24)(H,22,23,25). The number of amides is 1. The van der Waals surface area contributed by atoms with Crippen molar-refractivity contribution in [2.45, 2.75) is 23.4 Å². The topological polar surface area (TPSA) is 174 Å². The van der Waals surface area contributed by atoms with Crippen LogP contribution in [0.25, 0.3) is 11.4 Å². The molecule has 0 saturated heterocycles. The van der Waals surface area contributed by atoms with Crippen LogP contribution in [0.5, 0.6) is 0 Å². The number of nitrogens with two attached hydrogens (primary N) is 2. The molecule has 1 heterocycles. The van der Waals surface area contributed by atoms with E-state index < -0.39 is 26.9 Å². The maximum atomic E-state index is 12.6. The number of nitrogens with one attached hydrogen (secondary N) is 2. The third kappa shape index (κ3) is 4.59. The molecule has 0 aliphatic heterocycles. The molecule has 1 unspecified atom stereocenters. The number of carbonyl (C=O) groups is 1. The SMILES string of the molecule is NCc1ccc(S(=O)(=O)C(N)C(=O)NCc2cccc(-c3noc(=O)[nH]3)c2)cc1. The van der Waals surface area contributed by atoms with Crippen LogP contribution in [-0.4, -0.2) is 29.8 Å². The third-order valence-electron chi connectivity index (χ3n) is 4.19. The van der Waals surface area contributed by atoms with Crippen molar-refractivity contribution >= 4 is 15.7 Å². The zero-order valence-corrected chi connectivity index (χ0v) is 16.0. The summed E-state index contributed by atoms with van der Waals surface area (Å²) >= 11 is 0. The lowest BCUT2D eigenvalue weighted by molar-refractivity contribution is -0.120. The molecule has 0 saturated carbocycles. The van der Waals surface area contributed by atoms with E-state index in [1.165, 1.54) is 12.1 Å². The molecule has 1 atom stereocenters. The maximum Gasteiger partial charge on any atom is 0.439 e. The van der Waals surface area contributed by atoms with Crippen LogP contribution < -0.4 is 22.5 Å². The number of hydrogen-bond donors (Lipinski definition) is 4. The highest BCUT2D eigenvalue weighted by atomic mass is 32.2. The van der Waals surface area contributed by atoms with Crippen LogP contribution in [0.4, 0.5) is 0 Å². The van der Waals surface area contributed by atoms with Crippen molar-refractivity contribution in [3.05, 3.63) is 70.2 Å². The van der Waals surface area contributed by atoms with E-state index in [1.807, 2.05) is 0 Å². The van der Waals surface area contributed by atoms with Crippen molar-refractivity contribution in [2.24, 2.45) is 11.5 Å². The lowest BCUT2D eigenvalue weighted by Crippen LogP contribution is -2.45. The van der Waals surface area contributed by atoms with E-state index in [2.05, 4.69) is 20.0 Å². The molecule has 0 aliphatic rings. The first-order chi connectivity index (χ1) is 13.8. The van der Waals surface area contributed by atoms with Gasteiger partial charge in [-0.2, -0.15) is 0 Å². The number of carbonyl (C=O) groups excluding carboxylic acids is 1. The van der Waals surface area contributed by atoms with Crippen LogP contribution >= 0.6 is 0 Å². The van der Waals surface area contributed by atoms with Gasteiger partial charge in [-0.15, -0.1) is 0 Å². The number of sulfone groups is 1. The fraction of sp³-hybridized carbons (Fsp3) is 0.167. The number of aromatic amines is 1. The van der Waals surface area contributed by atoms with Crippen LogP contribution in [0.1, 0.15) is 11.1 Å². The Morgan fingerprint density at radius 2 is 1.90 bits per heavy atom. The third-order valence-corrected chi connectivity index (χ3v) is 6.00. The first-order valence-corrected chi connectivity index (χ1v) is 10.1. The average Bonchev–Trinajstić information content (AvgIpc) is 3.18. The summed E-state index contributed by atoms with van der Waals surface area (Å²) < 4.78 is 29.6. The molecule has 3 aromatic rings. The van der Waals surface area contributed by atoms with Gasteiger partial charge in [0.15, 0.2) is 11.2 Å². The minimum Gasteiger partial charge on any atom is -0.350 e. The molecule has 6 N–H and O–H groups in total. The average molecular weight is 417 g/mol. The van der Waals surface area contributed by atoms with Crippen molar-refractivity contribution in [1.29, 1.82) is 0 Å². The van der Waals surface area contributed by atoms with Gasteiger partial charge in [0.2, 0.25) is 9.84 Å². The first-order valence-electron chi connectivity index (χ1n) is 8.53. The number of aromatic nitrogens is 2. The van der Waals surface area contributed by atoms with E-state index in [1.54, 1.807) is 36.4 Å². The summed E-state index contributed by atoms with van der Waals surface area (Å²) in [6.45, 7) is 0.304. The fourth-order valence-electron chi connectivity index (χ4n) is 2.58. The Labute approximate surface area is 165 Å². The number of benzene rings is 2. The molecule has 3 rings (SSSR count). The van der Waals surface area contributed by atoms with Crippen molar-refractivity contribution in [2.75, 3.05) is 0 Å². The molecule has 152 valence electrons. The second kappa shape index (κ2) is 8.39. The Morgan fingerprint density at radius 1 is 1.17 bits per heavy atom. The van der Waals surface area contributed by atoms with Crippen molar-refractivity contribution < 1.29 is 17.7 Å². The van der Waals surface area contributed by atoms with Gasteiger partial charge < -0.3 is 16.8 Å². The predicted octanol–water partition coefficient (Wildman–Crippen LogP) is -0.136. The van der Waals surface area contributed by atoms with Crippen LogP contribution in [0, 0.1) is 0 Å². The smallest absolute Gasteiger partial charge is 0.350 e. The van der Waals surface area contributed by atoms with Crippen LogP contribution in [0.2, 0.25) is 0 Å². The summed E-state index contributed by atoms with van der Waals surface area (Å²) in [4.78, 5) is 25.7. The Balaban J connectivity index is 1.69. The molecule has 11 heteroatoms. The van der Waals surface area contributed by atoms with E-state index in [0.717, 1.165) is 5.56 Å². The van der Waals surface area contributed by atoms with Gasteiger partial charge in [0, 0.05) is 18.7 Å². The van der Waals surface area contributed by atoms with E-state index in [-0.39, 0.29) is 23.8 Å². The van der Waals surface area contributed by atoms with Crippen LogP contribution in [0.3, 0.4) is 0 Å². The Hall–Kier alpha value is -3.28. The quantitative estimate of drug-likeness (QED) is 0.411. The molecular weight excluding hydrogens is 398 g/mol. The largest absolute Gasteiger partial charge is 0.439 e. The minimum atomic E-state index is -4.05. The molecule has 29 heavy (non-hydrogen) atoms. The van der Waals surface area contributed by atoms with E-state index in [4.69, 9.17) is 11.5 Å². The second-order valence-electron chi connectivity index (χ2n) is 6.18. The summed E-state index contributed by atoms with van der Waals surface area (Å²) in [7, 11) is -4.05. The van der Waals surface area contributed by atoms with E-state index >= 15 is 0 Å². The van der Waals surface area contributed by atoms with Crippen LogP contribution in [-0.2, 0) is 27.7 Å². The molecule has 1 aromatic heterocycles. The summed E-state index contributed by atoms with van der Waals surface area (Å²) in [6, 6.07) is 12.6. The highest BCUT2D eigenvalue weighted by Crippen LogP contribution is 2.17. The van der Waals surface area contributed by atoms with Crippen molar-refractivity contribution in [1.82, 2.24) is 15.5 Å². The van der Waals surface area contributed by atoms with Gasteiger partial charge in [0.25, 0.3) is 5.91 Å². The highest BCUT2D eigenvalue weighted by molar-refractivity contribution is 7.92. The maximum absolute atomic E-state index is 12.6. The summed E-state index contributed by atoms with van der Waals surface area (Å²) in [5, 5.41) is 4.33. The van der Waals surface area contributed by atoms with Crippen molar-refractivity contribution in [3.63, 3.8) is 0 Å². The first kappa shape index (κ1) is 20.5. The van der Waals surface area contributed by atoms with Gasteiger partial charge in [0.05, 0.1) is 4.90 Å². The lowest BCUT2D eigenvalue weighted by Gasteiger charge is -2.14. The Kier molecular flexibility index (Phi) is 5.92. The fourth-order valence-corrected chi connectivity index (χ4v) is 3.75. The predicted molar refractivity (Wildman–Crippen MR) is 104 cm³/mol. The lowest BCUT2D eigenvalue weighted by atomic mass is 10.1. The van der Waals surface area contributed by atoms with Crippen molar-refractivity contribution in [3.8, 4) is 11.4 Å². The van der Waals surface area contributed by atoms with E-state index in [9.17, 15) is 18.0 Å². The molecule has 0 spiro atoms. The summed E-state index contributed by atoms with van der Waals surface area (Å²) in [6.07, 6.45) is 0. The second-order valence-corrected chi connectivity index (χ2v) is 8.24. The van der Waals surface area contributed by atoms with Gasteiger partial charge in [-0.1, -0.05) is 35.5 Å². The normalized spacial score (nSPS) is 12.5. The molecule has 0 bridgehead atoms. The Morgan fingerprint density at radius 3 is 2.52 bits per heavy atom. The summed E-state index contributed by atoms with van der Waals surface area (Å²) in [5.41, 5.74) is 13.2. The minimum absolute atomic E-state index is 0.0318. The summed E-state index contributed by atoms with van der Waals surface area (Å²) in [5.74, 6) is -1.29. The number of H-pyrrole nitrogens is 1. The van der Waals surface area contributed by atoms with E-state index in [0.29, 0.717) is 11.1 Å². The van der Waals surface area contributed by atoms with Gasteiger partial charge in [-0.05, 0) is 29.3 Å². The zero-order valence-electron chi connectivity index (χ0n) is 15.2. The molecule has 10 nitrogen and oxygen atoms in total. The van der Waals surface area contributed by atoms with Gasteiger partial charge in [-0.25, -0.2) is 13.2 Å². The molecule has 0 aliphatic carbocycles. The van der Waals surface area contributed by atoms with Gasteiger partial charge in [-0.3, -0.25) is 14.3 Å². The number of rotatable bonds is 7. The monoisotopic (exact) mass is 417 g/mol. The van der Waals surface area contributed by atoms with Crippen LogP contribution in [0.15, 0.2) is 62.7 Å². The number of hydrogen-bond acceptors (Lipinski definition) is 8.